The van der Waals surface area contributed by atoms with E-state index in [4.69, 9.17) is 16.3 Å². The first-order valence-electron chi connectivity index (χ1n) is 12.5. The minimum absolute atomic E-state index is 0.0378. The Hall–Kier alpha value is -2.51. The normalized spacial score (nSPS) is 20.9. The van der Waals surface area contributed by atoms with Gasteiger partial charge in [0.25, 0.3) is 5.91 Å². The summed E-state index contributed by atoms with van der Waals surface area (Å²) in [5.41, 5.74) is 0.284. The van der Waals surface area contributed by atoms with Crippen LogP contribution in [-0.2, 0) is 16.4 Å². The van der Waals surface area contributed by atoms with Crippen LogP contribution < -0.4 is 15.4 Å². The summed E-state index contributed by atoms with van der Waals surface area (Å²) < 4.78 is 69.7. The van der Waals surface area contributed by atoms with Gasteiger partial charge in [0.15, 0.2) is 5.69 Å². The van der Waals surface area contributed by atoms with Crippen molar-refractivity contribution in [2.75, 3.05) is 31.8 Å². The second-order valence-electron chi connectivity index (χ2n) is 10.0. The maximum Gasteiger partial charge on any atom is 0.408 e. The fraction of sp³-hybridized carbons (Fsp3) is 0.600. The molecule has 0 spiro atoms. The van der Waals surface area contributed by atoms with Gasteiger partial charge in [-0.05, 0) is 51.7 Å². The molecule has 0 unspecified atom stereocenters. The van der Waals surface area contributed by atoms with Crippen LogP contribution in [0.3, 0.4) is 0 Å². The first kappa shape index (κ1) is 31.0. The molecule has 14 heteroatoms. The zero-order valence-corrected chi connectivity index (χ0v) is 23.8. The molecule has 1 aliphatic rings. The van der Waals surface area contributed by atoms with Gasteiger partial charge in [0.1, 0.15) is 21.6 Å². The molecule has 1 saturated carbocycles. The number of anilines is 1. The molecule has 39 heavy (non-hydrogen) atoms. The molecule has 0 saturated heterocycles. The first-order valence-corrected chi connectivity index (χ1v) is 14.8. The van der Waals surface area contributed by atoms with Gasteiger partial charge >= 0.3 is 6.18 Å². The van der Waals surface area contributed by atoms with Crippen molar-refractivity contribution in [2.45, 2.75) is 63.5 Å². The molecule has 1 atom stereocenters. The van der Waals surface area contributed by atoms with Crippen molar-refractivity contribution < 1.29 is 36.2 Å². The zero-order valence-electron chi connectivity index (χ0n) is 22.2. The molecule has 2 aromatic rings. The van der Waals surface area contributed by atoms with Crippen LogP contribution in [0.25, 0.3) is 11.3 Å². The van der Waals surface area contributed by atoms with Gasteiger partial charge in [-0.15, -0.1) is 0 Å². The Morgan fingerprint density at radius 1 is 1.33 bits per heavy atom. The van der Waals surface area contributed by atoms with Gasteiger partial charge in [0, 0.05) is 42.1 Å². The van der Waals surface area contributed by atoms with E-state index in [2.05, 4.69) is 15.7 Å². The molecular formula is C25H34ClF3N4O5S. The molecule has 9 nitrogen and oxygen atoms in total. The number of aryl methyl sites for hydroxylation is 1. The van der Waals surface area contributed by atoms with Gasteiger partial charge in [-0.3, -0.25) is 9.48 Å². The van der Waals surface area contributed by atoms with Gasteiger partial charge < -0.3 is 20.5 Å². The summed E-state index contributed by atoms with van der Waals surface area (Å²) in [5, 5.41) is 19.2. The smallest absolute Gasteiger partial charge is 0.408 e. The molecule has 1 fully saturated rings. The SMILES string of the molecule is CCn1nc(C(=O)NC[C@]2(CO)CC[C@H](S(C)(=O)=O)CC2)c(Cl)c1-c1ccc(N[C@H](C)C(F)(F)F)cc1OC. The lowest BCUT2D eigenvalue weighted by atomic mass is 9.74. The lowest BCUT2D eigenvalue weighted by Crippen LogP contribution is -2.44. The third kappa shape index (κ3) is 6.98. The van der Waals surface area contributed by atoms with E-state index in [0.29, 0.717) is 43.5 Å². The van der Waals surface area contributed by atoms with E-state index >= 15 is 0 Å². The molecule has 1 aromatic heterocycles. The van der Waals surface area contributed by atoms with Crippen LogP contribution in [0, 0.1) is 5.41 Å². The van der Waals surface area contributed by atoms with Crippen LogP contribution in [0.1, 0.15) is 50.0 Å². The van der Waals surface area contributed by atoms with Crippen molar-refractivity contribution in [1.29, 1.82) is 0 Å². The number of methoxy groups -OCH3 is 1. The Bertz CT molecular complexity index is 1290. The number of carbonyl (C=O) groups excluding carboxylic acids is 1. The monoisotopic (exact) mass is 594 g/mol. The number of rotatable bonds is 10. The van der Waals surface area contributed by atoms with Crippen LogP contribution in [0.15, 0.2) is 18.2 Å². The van der Waals surface area contributed by atoms with Crippen molar-refractivity contribution in [3.8, 4) is 17.0 Å². The van der Waals surface area contributed by atoms with Crippen molar-refractivity contribution in [1.82, 2.24) is 15.1 Å². The highest BCUT2D eigenvalue weighted by Gasteiger charge is 2.39. The summed E-state index contributed by atoms with van der Waals surface area (Å²) in [7, 11) is -1.81. The molecule has 0 bridgehead atoms. The Kier molecular flexibility index (Phi) is 9.49. The van der Waals surface area contributed by atoms with Crippen LogP contribution in [0.4, 0.5) is 18.9 Å². The number of ether oxygens (including phenoxy) is 1. The maximum atomic E-state index is 13.1. The van der Waals surface area contributed by atoms with Gasteiger partial charge in [-0.1, -0.05) is 11.6 Å². The van der Waals surface area contributed by atoms with E-state index in [1.165, 1.54) is 30.2 Å². The summed E-state index contributed by atoms with van der Waals surface area (Å²) in [6.45, 7) is 3.04. The molecule has 0 aliphatic heterocycles. The molecule has 218 valence electrons. The highest BCUT2D eigenvalue weighted by molar-refractivity contribution is 7.91. The average molecular weight is 595 g/mol. The van der Waals surface area contributed by atoms with E-state index in [-0.39, 0.29) is 35.3 Å². The van der Waals surface area contributed by atoms with E-state index in [0.717, 1.165) is 6.92 Å². The number of amides is 1. The van der Waals surface area contributed by atoms with Gasteiger partial charge in [-0.2, -0.15) is 18.3 Å². The first-order chi connectivity index (χ1) is 18.2. The molecule has 3 N–H and O–H groups in total. The highest BCUT2D eigenvalue weighted by atomic mass is 35.5. The summed E-state index contributed by atoms with van der Waals surface area (Å²) in [5.74, 6) is -0.331. The molecule has 0 radical (unpaired) electrons. The van der Waals surface area contributed by atoms with Crippen LogP contribution >= 0.6 is 11.6 Å². The number of alkyl halides is 3. The number of nitrogens with one attached hydrogen (secondary N) is 2. The largest absolute Gasteiger partial charge is 0.496 e. The Morgan fingerprint density at radius 3 is 2.49 bits per heavy atom. The Labute approximate surface area is 231 Å². The quantitative estimate of drug-likeness (QED) is 0.375. The molecule has 1 amide bonds. The van der Waals surface area contributed by atoms with Crippen molar-refractivity contribution in [2.24, 2.45) is 5.41 Å². The van der Waals surface area contributed by atoms with Crippen molar-refractivity contribution >= 4 is 33.0 Å². The van der Waals surface area contributed by atoms with Crippen LogP contribution in [0.5, 0.6) is 5.75 Å². The van der Waals surface area contributed by atoms with E-state index in [1.54, 1.807) is 13.0 Å². The molecule has 3 rings (SSSR count). The predicted molar refractivity (Wildman–Crippen MR) is 143 cm³/mol. The third-order valence-corrected chi connectivity index (χ3v) is 9.34. The number of aliphatic hydroxyl groups excluding tert-OH is 1. The summed E-state index contributed by atoms with van der Waals surface area (Å²) in [6, 6.07) is 2.64. The number of hydrogen-bond acceptors (Lipinski definition) is 7. The van der Waals surface area contributed by atoms with Crippen molar-refractivity contribution in [3.63, 3.8) is 0 Å². The zero-order chi connectivity index (χ0) is 29.2. The summed E-state index contributed by atoms with van der Waals surface area (Å²) in [6.07, 6.45) is -1.55. The molecule has 1 aromatic carbocycles. The Balaban J connectivity index is 1.83. The highest BCUT2D eigenvalue weighted by Crippen LogP contribution is 2.40. The third-order valence-electron chi connectivity index (χ3n) is 7.30. The number of aliphatic hydroxyl groups is 1. The predicted octanol–water partition coefficient (Wildman–Crippen LogP) is 4.29. The Morgan fingerprint density at radius 2 is 1.97 bits per heavy atom. The maximum absolute atomic E-state index is 13.1. The minimum Gasteiger partial charge on any atom is -0.496 e. The summed E-state index contributed by atoms with van der Waals surface area (Å²) in [4.78, 5) is 13.1. The second-order valence-corrected chi connectivity index (χ2v) is 12.7. The standard InChI is InChI=1S/C25H34ClF3N4O5S/c1-5-33-22(18-7-6-16(12-19(18)38-3)31-15(2)25(27,28)29)20(26)21(32-33)23(35)30-13-24(14-34)10-8-17(9-11-24)39(4,36)37/h6-7,12,15,17,31,34H,5,8-11,13-14H2,1-4H3,(H,30,35)/t15-,17-,24-/m1/s1. The lowest BCUT2D eigenvalue weighted by Gasteiger charge is -2.38. The molecule has 1 aliphatic carbocycles. The van der Waals surface area contributed by atoms with Gasteiger partial charge in [0.05, 0.1) is 29.7 Å². The molecular weight excluding hydrogens is 561 g/mol. The average Bonchev–Trinajstić information content (AvgIpc) is 3.22. The van der Waals surface area contributed by atoms with E-state index < -0.39 is 38.6 Å². The van der Waals surface area contributed by atoms with Crippen LogP contribution in [-0.4, -0.2) is 73.2 Å². The fourth-order valence-corrected chi connectivity index (χ4v) is 6.17. The number of nitrogens with zero attached hydrogens (tertiary/aromatic N) is 2. The number of hydrogen-bond donors (Lipinski definition) is 3. The molecule has 1 heterocycles. The fourth-order valence-electron chi connectivity index (χ4n) is 4.75. The van der Waals surface area contributed by atoms with Crippen molar-refractivity contribution in [3.05, 3.63) is 28.9 Å². The number of halogens is 4. The second kappa shape index (κ2) is 11.9. The summed E-state index contributed by atoms with van der Waals surface area (Å²) >= 11 is 6.63. The number of aromatic nitrogens is 2. The minimum atomic E-state index is -4.43. The van der Waals surface area contributed by atoms with Gasteiger partial charge in [-0.25, -0.2) is 8.42 Å². The number of sulfone groups is 1. The topological polar surface area (TPSA) is 123 Å². The van der Waals surface area contributed by atoms with Gasteiger partial charge in [0.2, 0.25) is 0 Å². The van der Waals surface area contributed by atoms with E-state index in [1.807, 2.05) is 0 Å². The van der Waals surface area contributed by atoms with E-state index in [9.17, 15) is 31.5 Å². The lowest BCUT2D eigenvalue weighted by molar-refractivity contribution is -0.138. The van der Waals surface area contributed by atoms with Crippen LogP contribution in [0.2, 0.25) is 5.02 Å². The number of benzene rings is 1. The number of carbonyl (C=O) groups is 1.